The molecule has 0 spiro atoms. The van der Waals surface area contributed by atoms with Crippen LogP contribution in [0.2, 0.25) is 0 Å². The molecule has 1 aromatic rings. The third-order valence-corrected chi connectivity index (χ3v) is 6.22. The number of halogens is 5. The van der Waals surface area contributed by atoms with Gasteiger partial charge >= 0.3 is 5.97 Å². The van der Waals surface area contributed by atoms with Gasteiger partial charge in [0.2, 0.25) is 34.8 Å². The van der Waals surface area contributed by atoms with E-state index in [4.69, 9.17) is 14.2 Å². The van der Waals surface area contributed by atoms with Crippen LogP contribution in [0.3, 0.4) is 0 Å². The van der Waals surface area contributed by atoms with Crippen LogP contribution in [0.5, 0.6) is 5.75 Å². The SMILES string of the molecule is CCCCCCCCCCCCCCCCOCCOCCOCCC(=O)Oc1c(F)c(F)c(F)c(F)c1F. The fourth-order valence-corrected chi connectivity index (χ4v) is 3.94. The lowest BCUT2D eigenvalue weighted by molar-refractivity contribution is -0.136. The average Bonchev–Trinajstić information content (AvgIpc) is 2.93. The number of hydrogen-bond donors (Lipinski definition) is 0. The lowest BCUT2D eigenvalue weighted by Gasteiger charge is -2.09. The van der Waals surface area contributed by atoms with Crippen LogP contribution in [0.4, 0.5) is 22.0 Å². The van der Waals surface area contributed by atoms with E-state index in [0.29, 0.717) is 19.8 Å². The largest absolute Gasteiger partial charge is 0.420 e. The van der Waals surface area contributed by atoms with Crippen molar-refractivity contribution in [1.29, 1.82) is 0 Å². The smallest absolute Gasteiger partial charge is 0.313 e. The topological polar surface area (TPSA) is 54.0 Å². The zero-order valence-electron chi connectivity index (χ0n) is 23.3. The molecular weight excluding hydrogens is 523 g/mol. The Bertz CT molecular complexity index is 765. The Balaban J connectivity index is 1.86. The molecule has 0 unspecified atom stereocenters. The van der Waals surface area contributed by atoms with Crippen molar-refractivity contribution in [2.75, 3.05) is 39.6 Å². The van der Waals surface area contributed by atoms with Crippen LogP contribution in [0, 0.1) is 29.1 Å². The zero-order valence-corrected chi connectivity index (χ0v) is 23.3. The first-order chi connectivity index (χ1) is 18.9. The molecule has 0 bridgehead atoms. The van der Waals surface area contributed by atoms with Gasteiger partial charge in [0.1, 0.15) is 0 Å². The summed E-state index contributed by atoms with van der Waals surface area (Å²) in [4.78, 5) is 11.6. The molecule has 0 saturated carbocycles. The minimum atomic E-state index is -2.33. The van der Waals surface area contributed by atoms with Crippen LogP contribution in [0.1, 0.15) is 103 Å². The normalized spacial score (nSPS) is 11.3. The summed E-state index contributed by atoms with van der Waals surface area (Å²) in [6, 6.07) is 0. The maximum Gasteiger partial charge on any atom is 0.313 e. The molecule has 0 amide bonds. The fourth-order valence-electron chi connectivity index (χ4n) is 3.94. The van der Waals surface area contributed by atoms with Gasteiger partial charge in [-0.05, 0) is 6.42 Å². The zero-order chi connectivity index (χ0) is 28.7. The Kier molecular flexibility index (Phi) is 20.8. The summed E-state index contributed by atoms with van der Waals surface area (Å²) in [6.45, 7) is 4.02. The van der Waals surface area contributed by atoms with Crippen LogP contribution in [0.15, 0.2) is 0 Å². The van der Waals surface area contributed by atoms with Crippen molar-refractivity contribution < 1.29 is 45.7 Å². The van der Waals surface area contributed by atoms with E-state index in [1.807, 2.05) is 0 Å². The van der Waals surface area contributed by atoms with Gasteiger partial charge in [0.25, 0.3) is 0 Å². The maximum absolute atomic E-state index is 13.5. The second kappa shape index (κ2) is 23.0. The molecule has 0 aliphatic heterocycles. The summed E-state index contributed by atoms with van der Waals surface area (Å²) in [7, 11) is 0. The molecule has 39 heavy (non-hydrogen) atoms. The predicted molar refractivity (Wildman–Crippen MR) is 139 cm³/mol. The van der Waals surface area contributed by atoms with Crippen molar-refractivity contribution in [3.63, 3.8) is 0 Å². The Morgan fingerprint density at radius 1 is 0.487 bits per heavy atom. The molecule has 0 fully saturated rings. The summed E-state index contributed by atoms with van der Waals surface area (Å²) < 4.78 is 86.6. The molecule has 10 heteroatoms. The molecule has 1 aromatic carbocycles. The first-order valence-electron chi connectivity index (χ1n) is 14.3. The lowest BCUT2D eigenvalue weighted by atomic mass is 10.0. The van der Waals surface area contributed by atoms with Crippen molar-refractivity contribution in [1.82, 2.24) is 0 Å². The maximum atomic E-state index is 13.5. The lowest BCUT2D eigenvalue weighted by Crippen LogP contribution is -2.16. The minimum absolute atomic E-state index is 0.148. The Labute approximate surface area is 229 Å². The second-order valence-electron chi connectivity index (χ2n) is 9.56. The van der Waals surface area contributed by atoms with Crippen LogP contribution in [-0.2, 0) is 19.0 Å². The molecule has 0 aliphatic rings. The number of carbonyl (C=O) groups is 1. The van der Waals surface area contributed by atoms with Crippen LogP contribution in [0.25, 0.3) is 0 Å². The van der Waals surface area contributed by atoms with Gasteiger partial charge < -0.3 is 18.9 Å². The van der Waals surface area contributed by atoms with Gasteiger partial charge in [-0.25, -0.2) is 13.2 Å². The highest BCUT2D eigenvalue weighted by atomic mass is 19.2. The van der Waals surface area contributed by atoms with Crippen molar-refractivity contribution in [2.45, 2.75) is 103 Å². The summed E-state index contributed by atoms with van der Waals surface area (Å²) in [5.74, 6) is -13.9. The standard InChI is InChI=1S/C29H45F5O5/c1-2-3-4-5-6-7-8-9-10-11-12-13-14-15-17-36-19-21-38-22-20-37-18-16-23(35)39-29-27(33)25(31)24(30)26(32)28(29)34/h2-22H2,1H3. The average molecular weight is 569 g/mol. The van der Waals surface area contributed by atoms with E-state index in [2.05, 4.69) is 11.7 Å². The van der Waals surface area contributed by atoms with Crippen molar-refractivity contribution >= 4 is 5.97 Å². The highest BCUT2D eigenvalue weighted by molar-refractivity contribution is 5.72. The van der Waals surface area contributed by atoms with E-state index < -0.39 is 47.2 Å². The number of rotatable bonds is 25. The van der Waals surface area contributed by atoms with Gasteiger partial charge in [0.15, 0.2) is 0 Å². The molecular formula is C29H45F5O5. The van der Waals surface area contributed by atoms with Crippen molar-refractivity contribution in [2.24, 2.45) is 0 Å². The van der Waals surface area contributed by atoms with Gasteiger partial charge in [-0.3, -0.25) is 4.79 Å². The summed E-state index contributed by atoms with van der Waals surface area (Å²) in [5, 5.41) is 0. The fraction of sp³-hybridized carbons (Fsp3) is 0.759. The van der Waals surface area contributed by atoms with Crippen molar-refractivity contribution in [3.05, 3.63) is 29.1 Å². The molecule has 0 saturated heterocycles. The van der Waals surface area contributed by atoms with E-state index >= 15 is 0 Å². The van der Waals surface area contributed by atoms with Gasteiger partial charge in [0, 0.05) is 6.61 Å². The minimum Gasteiger partial charge on any atom is -0.420 e. The van der Waals surface area contributed by atoms with Crippen molar-refractivity contribution in [3.8, 4) is 5.75 Å². The molecule has 0 aliphatic carbocycles. The second-order valence-corrected chi connectivity index (χ2v) is 9.56. The number of carbonyl (C=O) groups excluding carboxylic acids is 1. The predicted octanol–water partition coefficient (Wildman–Crippen LogP) is 8.21. The third-order valence-electron chi connectivity index (χ3n) is 6.22. The van der Waals surface area contributed by atoms with Gasteiger partial charge in [-0.15, -0.1) is 0 Å². The van der Waals surface area contributed by atoms with E-state index in [1.54, 1.807) is 0 Å². The van der Waals surface area contributed by atoms with Gasteiger partial charge in [-0.1, -0.05) is 90.4 Å². The molecule has 0 radical (unpaired) electrons. The van der Waals surface area contributed by atoms with Gasteiger partial charge in [0.05, 0.1) is 39.5 Å². The van der Waals surface area contributed by atoms with Crippen LogP contribution >= 0.6 is 0 Å². The molecule has 1 rings (SSSR count). The Hall–Kier alpha value is -1.78. The number of unbranched alkanes of at least 4 members (excludes halogenated alkanes) is 13. The molecule has 0 heterocycles. The Morgan fingerprint density at radius 3 is 1.31 bits per heavy atom. The van der Waals surface area contributed by atoms with Crippen LogP contribution in [-0.4, -0.2) is 45.6 Å². The first kappa shape index (κ1) is 35.2. The quantitative estimate of drug-likeness (QED) is 0.0297. The highest BCUT2D eigenvalue weighted by Crippen LogP contribution is 2.29. The highest BCUT2D eigenvalue weighted by Gasteiger charge is 2.28. The van der Waals surface area contributed by atoms with E-state index in [9.17, 15) is 26.7 Å². The van der Waals surface area contributed by atoms with E-state index in [-0.39, 0.29) is 19.8 Å². The molecule has 226 valence electrons. The van der Waals surface area contributed by atoms with Crippen LogP contribution < -0.4 is 4.74 Å². The van der Waals surface area contributed by atoms with E-state index in [0.717, 1.165) is 6.42 Å². The molecule has 0 aromatic heterocycles. The summed E-state index contributed by atoms with van der Waals surface area (Å²) in [6.07, 6.45) is 17.9. The van der Waals surface area contributed by atoms with Gasteiger partial charge in [-0.2, -0.15) is 8.78 Å². The molecule has 0 atom stereocenters. The van der Waals surface area contributed by atoms with E-state index in [1.165, 1.54) is 83.5 Å². The number of ether oxygens (including phenoxy) is 4. The Morgan fingerprint density at radius 2 is 0.846 bits per heavy atom. The first-order valence-corrected chi connectivity index (χ1v) is 14.3. The number of hydrogen-bond acceptors (Lipinski definition) is 5. The summed E-state index contributed by atoms with van der Waals surface area (Å²) >= 11 is 0. The number of benzene rings is 1. The summed E-state index contributed by atoms with van der Waals surface area (Å²) in [5.41, 5.74) is 0. The molecule has 0 N–H and O–H groups in total. The molecule has 5 nitrogen and oxygen atoms in total. The third kappa shape index (κ3) is 16.2. The monoisotopic (exact) mass is 568 g/mol. The number of esters is 1.